The minimum absolute atomic E-state index is 0.150. The molecule has 1 aromatic rings. The van der Waals surface area contributed by atoms with Crippen LogP contribution in [-0.2, 0) is 14.9 Å². The van der Waals surface area contributed by atoms with Gasteiger partial charge in [-0.1, -0.05) is 6.08 Å². The molecule has 7 nitrogen and oxygen atoms in total. The SMILES string of the molecule is C=CCN1CCN(S(=O)(=O)C2CON(C)C2c2ccco2)CC1. The molecule has 3 rings (SSSR count). The first-order chi connectivity index (χ1) is 11.0. The van der Waals surface area contributed by atoms with Gasteiger partial charge in [0.05, 0.1) is 12.9 Å². The summed E-state index contributed by atoms with van der Waals surface area (Å²) >= 11 is 0. The molecule has 0 amide bonds. The fraction of sp³-hybridized carbons (Fsp3) is 0.600. The fourth-order valence-electron chi connectivity index (χ4n) is 3.21. The van der Waals surface area contributed by atoms with Crippen LogP contribution < -0.4 is 0 Å². The zero-order chi connectivity index (χ0) is 16.4. The van der Waals surface area contributed by atoms with Crippen molar-refractivity contribution in [1.29, 1.82) is 0 Å². The van der Waals surface area contributed by atoms with E-state index in [-0.39, 0.29) is 6.61 Å². The summed E-state index contributed by atoms with van der Waals surface area (Å²) in [6.45, 7) is 7.11. The summed E-state index contributed by atoms with van der Waals surface area (Å²) < 4.78 is 33.1. The number of sulfonamides is 1. The minimum atomic E-state index is -3.45. The molecule has 2 aliphatic heterocycles. The topological polar surface area (TPSA) is 66.2 Å². The van der Waals surface area contributed by atoms with Crippen LogP contribution in [0.3, 0.4) is 0 Å². The summed E-state index contributed by atoms with van der Waals surface area (Å²) in [5.74, 6) is 0.615. The van der Waals surface area contributed by atoms with E-state index in [1.807, 2.05) is 6.08 Å². The van der Waals surface area contributed by atoms with Gasteiger partial charge >= 0.3 is 0 Å². The van der Waals surface area contributed by atoms with Crippen molar-refractivity contribution >= 4 is 10.0 Å². The second-order valence-corrected chi connectivity index (χ2v) is 8.03. The van der Waals surface area contributed by atoms with Crippen LogP contribution in [0.2, 0.25) is 0 Å². The molecule has 0 saturated carbocycles. The highest BCUT2D eigenvalue weighted by atomic mass is 32.2. The van der Waals surface area contributed by atoms with Gasteiger partial charge in [0.1, 0.15) is 17.1 Å². The van der Waals surface area contributed by atoms with Crippen LogP contribution >= 0.6 is 0 Å². The van der Waals surface area contributed by atoms with E-state index in [9.17, 15) is 8.42 Å². The maximum absolute atomic E-state index is 13.0. The summed E-state index contributed by atoms with van der Waals surface area (Å²) in [7, 11) is -1.71. The second kappa shape index (κ2) is 6.74. The Bertz CT molecular complexity index is 623. The summed E-state index contributed by atoms with van der Waals surface area (Å²) in [5, 5.41) is 0.930. The number of rotatable bonds is 5. The van der Waals surface area contributed by atoms with Crippen molar-refractivity contribution in [2.45, 2.75) is 11.3 Å². The maximum atomic E-state index is 13.0. The molecule has 1 aromatic heterocycles. The average Bonchev–Trinajstić information content (AvgIpc) is 3.17. The molecule has 0 N–H and O–H groups in total. The Morgan fingerprint density at radius 3 is 2.70 bits per heavy atom. The standard InChI is InChI=1S/C15H23N3O4S/c1-3-6-17-7-9-18(10-8-17)23(19,20)14-12-22-16(2)15(14)13-5-4-11-21-13/h3-5,11,14-15H,1,6-10,12H2,2H3. The molecule has 2 saturated heterocycles. The monoisotopic (exact) mass is 341 g/mol. The van der Waals surface area contributed by atoms with Crippen molar-refractivity contribution in [3.63, 3.8) is 0 Å². The third-order valence-corrected chi connectivity index (χ3v) is 6.73. The lowest BCUT2D eigenvalue weighted by Gasteiger charge is -2.35. The van der Waals surface area contributed by atoms with Crippen LogP contribution in [0.15, 0.2) is 35.5 Å². The Kier molecular flexibility index (Phi) is 4.88. The van der Waals surface area contributed by atoms with Gasteiger partial charge in [0.25, 0.3) is 0 Å². The Labute approximate surface area is 137 Å². The predicted octanol–water partition coefficient (Wildman–Crippen LogP) is 0.700. The predicted molar refractivity (Wildman–Crippen MR) is 86.1 cm³/mol. The van der Waals surface area contributed by atoms with Crippen LogP contribution in [-0.4, -0.2) is 74.3 Å². The van der Waals surface area contributed by atoms with Crippen molar-refractivity contribution in [2.75, 3.05) is 46.4 Å². The van der Waals surface area contributed by atoms with Crippen molar-refractivity contribution in [1.82, 2.24) is 14.3 Å². The van der Waals surface area contributed by atoms with E-state index >= 15 is 0 Å². The quantitative estimate of drug-likeness (QED) is 0.735. The highest BCUT2D eigenvalue weighted by molar-refractivity contribution is 7.89. The lowest BCUT2D eigenvalue weighted by atomic mass is 10.2. The molecule has 0 aliphatic carbocycles. The normalized spacial score (nSPS) is 28.2. The second-order valence-electron chi connectivity index (χ2n) is 5.87. The van der Waals surface area contributed by atoms with Gasteiger partial charge < -0.3 is 4.42 Å². The Morgan fingerprint density at radius 2 is 2.09 bits per heavy atom. The van der Waals surface area contributed by atoms with Gasteiger partial charge in [-0.3, -0.25) is 9.74 Å². The van der Waals surface area contributed by atoms with Crippen LogP contribution in [0.1, 0.15) is 11.8 Å². The lowest BCUT2D eigenvalue weighted by Crippen LogP contribution is -2.52. The third-order valence-electron chi connectivity index (χ3n) is 4.48. The molecule has 0 bridgehead atoms. The minimum Gasteiger partial charge on any atom is -0.468 e. The van der Waals surface area contributed by atoms with Crippen LogP contribution in [0.4, 0.5) is 0 Å². The summed E-state index contributed by atoms with van der Waals surface area (Å²) in [5.41, 5.74) is 0. The third kappa shape index (κ3) is 3.22. The molecule has 3 heterocycles. The van der Waals surface area contributed by atoms with E-state index in [4.69, 9.17) is 9.25 Å². The molecule has 0 aromatic carbocycles. The zero-order valence-corrected chi connectivity index (χ0v) is 14.1. The average molecular weight is 341 g/mol. The van der Waals surface area contributed by atoms with Gasteiger partial charge in [-0.25, -0.2) is 8.42 Å². The summed E-state index contributed by atoms with van der Waals surface area (Å²) in [4.78, 5) is 7.68. The van der Waals surface area contributed by atoms with E-state index in [2.05, 4.69) is 11.5 Å². The van der Waals surface area contributed by atoms with E-state index < -0.39 is 21.3 Å². The molecule has 8 heteroatoms. The molecule has 2 fully saturated rings. The van der Waals surface area contributed by atoms with Crippen LogP contribution in [0.25, 0.3) is 0 Å². The fourth-order valence-corrected chi connectivity index (χ4v) is 5.13. The van der Waals surface area contributed by atoms with E-state index in [0.717, 1.165) is 19.6 Å². The lowest BCUT2D eigenvalue weighted by molar-refractivity contribution is -0.113. The highest BCUT2D eigenvalue weighted by Gasteiger charge is 2.47. The molecule has 0 radical (unpaired) electrons. The first kappa shape index (κ1) is 16.7. The maximum Gasteiger partial charge on any atom is 0.221 e. The van der Waals surface area contributed by atoms with Crippen molar-refractivity contribution in [3.8, 4) is 0 Å². The molecule has 2 atom stereocenters. The number of furan rings is 1. The number of nitrogens with zero attached hydrogens (tertiary/aromatic N) is 3. The van der Waals surface area contributed by atoms with E-state index in [1.54, 1.807) is 34.8 Å². The summed E-state index contributed by atoms with van der Waals surface area (Å²) in [6.07, 6.45) is 3.40. The van der Waals surface area contributed by atoms with Crippen molar-refractivity contribution < 1.29 is 17.7 Å². The number of hydrogen-bond acceptors (Lipinski definition) is 6. The van der Waals surface area contributed by atoms with Gasteiger partial charge in [-0.15, -0.1) is 6.58 Å². The molecule has 23 heavy (non-hydrogen) atoms. The number of hydroxylamine groups is 2. The smallest absolute Gasteiger partial charge is 0.221 e. The Hall–Kier alpha value is -1.19. The Morgan fingerprint density at radius 1 is 1.35 bits per heavy atom. The van der Waals surface area contributed by atoms with E-state index in [1.165, 1.54) is 0 Å². The largest absolute Gasteiger partial charge is 0.468 e. The Balaban J connectivity index is 1.75. The molecule has 2 unspecified atom stereocenters. The molecule has 2 aliphatic rings. The highest BCUT2D eigenvalue weighted by Crippen LogP contribution is 2.35. The van der Waals surface area contributed by atoms with Crippen molar-refractivity contribution in [2.24, 2.45) is 0 Å². The van der Waals surface area contributed by atoms with Gasteiger partial charge in [-0.2, -0.15) is 9.37 Å². The van der Waals surface area contributed by atoms with E-state index in [0.29, 0.717) is 18.8 Å². The first-order valence-corrected chi connectivity index (χ1v) is 9.25. The molecule has 128 valence electrons. The number of hydrogen-bond donors (Lipinski definition) is 0. The first-order valence-electron chi connectivity index (χ1n) is 7.75. The number of piperazine rings is 1. The summed E-state index contributed by atoms with van der Waals surface area (Å²) in [6, 6.07) is 3.14. The molecular formula is C15H23N3O4S. The van der Waals surface area contributed by atoms with Gasteiger partial charge in [0.15, 0.2) is 0 Å². The molecule has 0 spiro atoms. The van der Waals surface area contributed by atoms with Gasteiger partial charge in [0, 0.05) is 39.8 Å². The van der Waals surface area contributed by atoms with Crippen LogP contribution in [0, 0.1) is 0 Å². The zero-order valence-electron chi connectivity index (χ0n) is 13.3. The van der Waals surface area contributed by atoms with Gasteiger partial charge in [-0.05, 0) is 12.1 Å². The van der Waals surface area contributed by atoms with Crippen molar-refractivity contribution in [3.05, 3.63) is 36.8 Å². The molecular weight excluding hydrogens is 318 g/mol. The van der Waals surface area contributed by atoms with Gasteiger partial charge in [0.2, 0.25) is 10.0 Å². The van der Waals surface area contributed by atoms with Crippen LogP contribution in [0.5, 0.6) is 0 Å².